The van der Waals surface area contributed by atoms with Gasteiger partial charge in [-0.2, -0.15) is 4.98 Å². The van der Waals surface area contributed by atoms with Crippen molar-refractivity contribution < 1.29 is 14.0 Å². The Kier molecular flexibility index (Phi) is 3.76. The Bertz CT molecular complexity index is 357. The van der Waals surface area contributed by atoms with Crippen LogP contribution in [0.25, 0.3) is 0 Å². The summed E-state index contributed by atoms with van der Waals surface area (Å²) in [7, 11) is 3.30. The van der Waals surface area contributed by atoms with Crippen molar-refractivity contribution >= 4 is 0 Å². The third-order valence-electron chi connectivity index (χ3n) is 3.25. The van der Waals surface area contributed by atoms with Crippen LogP contribution in [0.3, 0.4) is 0 Å². The van der Waals surface area contributed by atoms with Crippen LogP contribution in [-0.4, -0.2) is 37.0 Å². The zero-order valence-electron chi connectivity index (χ0n) is 10.3. The normalized spacial score (nSPS) is 19.9. The highest BCUT2D eigenvalue weighted by Gasteiger charge is 2.43. The van der Waals surface area contributed by atoms with Crippen molar-refractivity contribution in [3.63, 3.8) is 0 Å². The van der Waals surface area contributed by atoms with E-state index in [4.69, 9.17) is 19.7 Å². The van der Waals surface area contributed by atoms with Crippen LogP contribution in [0.2, 0.25) is 0 Å². The molecule has 1 aliphatic carbocycles. The lowest BCUT2D eigenvalue weighted by atomic mass is 9.79. The molecule has 6 heteroatoms. The molecule has 17 heavy (non-hydrogen) atoms. The molecule has 0 saturated heterocycles. The number of ether oxygens (including phenoxy) is 2. The summed E-state index contributed by atoms with van der Waals surface area (Å²) in [6, 6.07) is -0.117. The molecule has 6 nitrogen and oxygen atoms in total. The molecule has 1 saturated carbocycles. The minimum absolute atomic E-state index is 0.117. The lowest BCUT2D eigenvalue weighted by Crippen LogP contribution is -2.37. The van der Waals surface area contributed by atoms with Gasteiger partial charge in [0.25, 0.3) is 0 Å². The second-order valence-electron chi connectivity index (χ2n) is 4.48. The maximum absolute atomic E-state index is 5.83. The maximum atomic E-state index is 5.83. The molecular formula is C11H19N3O3. The van der Waals surface area contributed by atoms with Gasteiger partial charge in [0.15, 0.2) is 0 Å². The van der Waals surface area contributed by atoms with Crippen molar-refractivity contribution in [3.05, 3.63) is 11.7 Å². The third-order valence-corrected chi connectivity index (χ3v) is 3.25. The standard InChI is InChI=1S/C11H19N3O3/c1-15-7-8(12)6-9-13-10(14-17-9)11(16-2)4-3-5-11/h8H,3-7,12H2,1-2H3. The molecule has 1 aliphatic rings. The van der Waals surface area contributed by atoms with Gasteiger partial charge in [-0.15, -0.1) is 0 Å². The van der Waals surface area contributed by atoms with Gasteiger partial charge in [-0.3, -0.25) is 0 Å². The van der Waals surface area contributed by atoms with Crippen LogP contribution in [-0.2, 0) is 21.5 Å². The summed E-state index contributed by atoms with van der Waals surface area (Å²) in [4.78, 5) is 4.36. The Morgan fingerprint density at radius 1 is 1.47 bits per heavy atom. The summed E-state index contributed by atoms with van der Waals surface area (Å²) in [6.07, 6.45) is 3.57. The molecule has 96 valence electrons. The van der Waals surface area contributed by atoms with Crippen LogP contribution < -0.4 is 5.73 Å². The predicted octanol–water partition coefficient (Wildman–Crippen LogP) is 0.611. The number of rotatable bonds is 6. The molecule has 1 aromatic heterocycles. The first kappa shape index (κ1) is 12.5. The minimum Gasteiger partial charge on any atom is -0.383 e. The van der Waals surface area contributed by atoms with E-state index in [9.17, 15) is 0 Å². The monoisotopic (exact) mass is 241 g/mol. The molecule has 2 rings (SSSR count). The Balaban J connectivity index is 2.00. The summed E-state index contributed by atoms with van der Waals surface area (Å²) in [5.74, 6) is 1.19. The highest BCUT2D eigenvalue weighted by atomic mass is 16.5. The summed E-state index contributed by atoms with van der Waals surface area (Å²) in [6.45, 7) is 0.479. The largest absolute Gasteiger partial charge is 0.383 e. The lowest BCUT2D eigenvalue weighted by molar-refractivity contribution is -0.0858. The molecule has 2 N–H and O–H groups in total. The zero-order valence-corrected chi connectivity index (χ0v) is 10.3. The number of methoxy groups -OCH3 is 2. The van der Waals surface area contributed by atoms with Crippen molar-refractivity contribution in [2.24, 2.45) is 5.73 Å². The Morgan fingerprint density at radius 3 is 2.76 bits per heavy atom. The third kappa shape index (κ3) is 2.48. The van der Waals surface area contributed by atoms with Gasteiger partial charge >= 0.3 is 0 Å². The van der Waals surface area contributed by atoms with Crippen molar-refractivity contribution in [2.45, 2.75) is 37.3 Å². The van der Waals surface area contributed by atoms with Crippen molar-refractivity contribution in [3.8, 4) is 0 Å². The molecule has 1 aromatic rings. The Morgan fingerprint density at radius 2 is 2.24 bits per heavy atom. The second-order valence-corrected chi connectivity index (χ2v) is 4.48. The van der Waals surface area contributed by atoms with Gasteiger partial charge in [0, 0.05) is 26.7 Å². The van der Waals surface area contributed by atoms with E-state index in [2.05, 4.69) is 10.1 Å². The van der Waals surface area contributed by atoms with E-state index >= 15 is 0 Å². The van der Waals surface area contributed by atoms with E-state index in [0.717, 1.165) is 19.3 Å². The van der Waals surface area contributed by atoms with Crippen LogP contribution in [0.4, 0.5) is 0 Å². The molecule has 0 spiro atoms. The predicted molar refractivity (Wildman–Crippen MR) is 60.4 cm³/mol. The number of hydrogen-bond donors (Lipinski definition) is 1. The molecule has 0 amide bonds. The molecule has 0 aromatic carbocycles. The van der Waals surface area contributed by atoms with E-state index in [-0.39, 0.29) is 11.6 Å². The highest BCUT2D eigenvalue weighted by Crippen LogP contribution is 2.42. The van der Waals surface area contributed by atoms with Crippen LogP contribution in [0.15, 0.2) is 4.52 Å². The van der Waals surface area contributed by atoms with Gasteiger partial charge in [0.05, 0.1) is 6.61 Å². The number of hydrogen-bond acceptors (Lipinski definition) is 6. The van der Waals surface area contributed by atoms with Crippen LogP contribution >= 0.6 is 0 Å². The average Bonchev–Trinajstić information content (AvgIpc) is 2.66. The number of aromatic nitrogens is 2. The van der Waals surface area contributed by atoms with E-state index in [1.807, 2.05) is 0 Å². The minimum atomic E-state index is -0.326. The average molecular weight is 241 g/mol. The van der Waals surface area contributed by atoms with Gasteiger partial charge < -0.3 is 19.7 Å². The molecule has 1 atom stereocenters. The molecule has 0 aliphatic heterocycles. The molecule has 0 radical (unpaired) electrons. The van der Waals surface area contributed by atoms with E-state index in [0.29, 0.717) is 24.7 Å². The number of nitrogens with two attached hydrogens (primary N) is 1. The first-order chi connectivity index (χ1) is 8.20. The molecule has 1 heterocycles. The molecular weight excluding hydrogens is 222 g/mol. The SMILES string of the molecule is COCC(N)Cc1nc(C2(OC)CCC2)no1. The van der Waals surface area contributed by atoms with Crippen molar-refractivity contribution in [1.82, 2.24) is 10.1 Å². The highest BCUT2D eigenvalue weighted by molar-refractivity contribution is 5.06. The van der Waals surface area contributed by atoms with Crippen LogP contribution in [0.1, 0.15) is 31.0 Å². The first-order valence-electron chi connectivity index (χ1n) is 5.83. The topological polar surface area (TPSA) is 83.4 Å². The first-order valence-corrected chi connectivity index (χ1v) is 5.83. The van der Waals surface area contributed by atoms with Crippen molar-refractivity contribution in [2.75, 3.05) is 20.8 Å². The zero-order chi connectivity index (χ0) is 12.3. The smallest absolute Gasteiger partial charge is 0.228 e. The quantitative estimate of drug-likeness (QED) is 0.785. The fraction of sp³-hybridized carbons (Fsp3) is 0.818. The summed E-state index contributed by atoms with van der Waals surface area (Å²) in [5, 5.41) is 3.99. The second kappa shape index (κ2) is 5.12. The fourth-order valence-corrected chi connectivity index (χ4v) is 2.04. The fourth-order valence-electron chi connectivity index (χ4n) is 2.04. The van der Waals surface area contributed by atoms with E-state index < -0.39 is 0 Å². The van der Waals surface area contributed by atoms with Crippen LogP contribution in [0, 0.1) is 0 Å². The van der Waals surface area contributed by atoms with Gasteiger partial charge in [-0.05, 0) is 19.3 Å². The Labute approximate surface area is 100 Å². The van der Waals surface area contributed by atoms with Gasteiger partial charge in [0.1, 0.15) is 5.60 Å². The Hall–Kier alpha value is -0.980. The van der Waals surface area contributed by atoms with Crippen LogP contribution in [0.5, 0.6) is 0 Å². The molecule has 1 fully saturated rings. The van der Waals surface area contributed by atoms with Gasteiger partial charge in [-0.1, -0.05) is 5.16 Å². The van der Waals surface area contributed by atoms with E-state index in [1.165, 1.54) is 0 Å². The lowest BCUT2D eigenvalue weighted by Gasteiger charge is -2.37. The molecule has 0 bridgehead atoms. The molecule has 1 unspecified atom stereocenters. The van der Waals surface area contributed by atoms with E-state index in [1.54, 1.807) is 14.2 Å². The summed E-state index contributed by atoms with van der Waals surface area (Å²) < 4.78 is 15.6. The summed E-state index contributed by atoms with van der Waals surface area (Å²) in [5.41, 5.74) is 5.50. The van der Waals surface area contributed by atoms with Gasteiger partial charge in [0.2, 0.25) is 11.7 Å². The van der Waals surface area contributed by atoms with Crippen molar-refractivity contribution in [1.29, 1.82) is 0 Å². The number of nitrogens with zero attached hydrogens (tertiary/aromatic N) is 2. The summed E-state index contributed by atoms with van der Waals surface area (Å²) >= 11 is 0. The van der Waals surface area contributed by atoms with Gasteiger partial charge in [-0.25, -0.2) is 0 Å². The maximum Gasteiger partial charge on any atom is 0.228 e.